The molecule has 1 aliphatic heterocycles. The van der Waals surface area contributed by atoms with Gasteiger partial charge in [-0.3, -0.25) is 0 Å². The minimum atomic E-state index is -1.14. The molecule has 5 heteroatoms. The molecule has 1 aliphatic rings. The van der Waals surface area contributed by atoms with Crippen molar-refractivity contribution in [3.8, 4) is 11.8 Å². The van der Waals surface area contributed by atoms with Crippen molar-refractivity contribution in [2.24, 2.45) is 5.92 Å². The molecule has 1 saturated heterocycles. The van der Waals surface area contributed by atoms with Gasteiger partial charge in [-0.05, 0) is 12.8 Å². The van der Waals surface area contributed by atoms with Crippen molar-refractivity contribution in [1.82, 2.24) is 4.90 Å². The number of likely N-dealkylation sites (tertiary alicyclic amines) is 1. The van der Waals surface area contributed by atoms with E-state index in [0.29, 0.717) is 13.1 Å². The molecule has 0 aromatic carbocycles. The summed E-state index contributed by atoms with van der Waals surface area (Å²) in [5, 5.41) is 8.45. The minimum Gasteiger partial charge on any atom is -0.472 e. The maximum Gasteiger partial charge on any atom is 0.410 e. The lowest BCUT2D eigenvalue weighted by Gasteiger charge is -2.29. The van der Waals surface area contributed by atoms with Crippen LogP contribution in [-0.2, 0) is 9.53 Å². The minimum absolute atomic E-state index is 0.0869. The summed E-state index contributed by atoms with van der Waals surface area (Å²) in [6, 6.07) is 0. The molecule has 0 bridgehead atoms. The first-order valence-corrected chi connectivity index (χ1v) is 5.40. The van der Waals surface area contributed by atoms with Crippen LogP contribution in [0.2, 0.25) is 0 Å². The number of piperidine rings is 1. The fraction of sp³-hybridized carbons (Fsp3) is 0.500. The molecule has 0 spiro atoms. The number of carboxylic acid groups (broad SMARTS) is 1. The molecule has 1 amide bonds. The summed E-state index contributed by atoms with van der Waals surface area (Å²) in [5.74, 6) is 3.50. The second-order valence-corrected chi connectivity index (χ2v) is 3.73. The van der Waals surface area contributed by atoms with Gasteiger partial charge in [0.25, 0.3) is 0 Å². The average molecular weight is 237 g/mol. The number of ether oxygens (including phenoxy) is 1. The molecule has 0 aromatic heterocycles. The number of hydrogen-bond acceptors (Lipinski definition) is 3. The van der Waals surface area contributed by atoms with Gasteiger partial charge in [-0.25, -0.2) is 9.59 Å². The van der Waals surface area contributed by atoms with Crippen molar-refractivity contribution in [2.45, 2.75) is 12.8 Å². The van der Waals surface area contributed by atoms with E-state index in [-0.39, 0.29) is 12.5 Å². The Morgan fingerprint density at radius 2 is 2.35 bits per heavy atom. The molecule has 0 saturated carbocycles. The van der Waals surface area contributed by atoms with Gasteiger partial charge >= 0.3 is 12.1 Å². The number of carbonyl (C=O) groups is 2. The monoisotopic (exact) mass is 237 g/mol. The van der Waals surface area contributed by atoms with E-state index in [4.69, 9.17) is 9.84 Å². The van der Waals surface area contributed by atoms with Crippen LogP contribution in [0.1, 0.15) is 12.8 Å². The van der Waals surface area contributed by atoms with E-state index >= 15 is 0 Å². The van der Waals surface area contributed by atoms with Crippen LogP contribution in [0, 0.1) is 17.8 Å². The van der Waals surface area contributed by atoms with E-state index in [2.05, 4.69) is 18.4 Å². The van der Waals surface area contributed by atoms with Crippen molar-refractivity contribution in [3.63, 3.8) is 0 Å². The third-order valence-electron chi connectivity index (χ3n) is 2.39. The first-order valence-electron chi connectivity index (χ1n) is 5.40. The number of hydrogen-bond donors (Lipinski definition) is 1. The third-order valence-corrected chi connectivity index (χ3v) is 2.39. The highest BCUT2D eigenvalue weighted by Gasteiger charge is 2.23. The van der Waals surface area contributed by atoms with Crippen LogP contribution in [0.15, 0.2) is 12.7 Å². The molecule has 5 nitrogen and oxygen atoms in total. The Kier molecular flexibility index (Phi) is 5.08. The molecule has 0 aliphatic carbocycles. The number of aliphatic carboxylic acids is 1. The first-order chi connectivity index (χ1) is 8.13. The van der Waals surface area contributed by atoms with Crippen LogP contribution < -0.4 is 0 Å². The normalized spacial score (nSPS) is 18.8. The van der Waals surface area contributed by atoms with Crippen LogP contribution in [0.3, 0.4) is 0 Å². The molecule has 92 valence electrons. The number of amides is 1. The maximum absolute atomic E-state index is 11.5. The van der Waals surface area contributed by atoms with E-state index in [9.17, 15) is 9.59 Å². The molecular formula is C12H15NO4. The molecule has 0 radical (unpaired) electrons. The zero-order valence-corrected chi connectivity index (χ0v) is 9.52. The highest BCUT2D eigenvalue weighted by atomic mass is 16.6. The summed E-state index contributed by atoms with van der Waals surface area (Å²) in [6.45, 7) is 4.69. The zero-order valence-electron chi connectivity index (χ0n) is 9.52. The van der Waals surface area contributed by atoms with Gasteiger partial charge in [0.2, 0.25) is 0 Å². The molecule has 1 fully saturated rings. The van der Waals surface area contributed by atoms with Gasteiger partial charge in [-0.15, -0.1) is 0 Å². The molecule has 0 aromatic rings. The van der Waals surface area contributed by atoms with Crippen LogP contribution in [-0.4, -0.2) is 41.8 Å². The van der Waals surface area contributed by atoms with Gasteiger partial charge in [0, 0.05) is 24.9 Å². The number of nitrogens with zero attached hydrogens (tertiary/aromatic N) is 1. The van der Waals surface area contributed by atoms with Crippen molar-refractivity contribution in [3.05, 3.63) is 12.7 Å². The smallest absolute Gasteiger partial charge is 0.410 e. The Hall–Kier alpha value is -1.96. The highest BCUT2D eigenvalue weighted by Crippen LogP contribution is 2.16. The van der Waals surface area contributed by atoms with E-state index in [0.717, 1.165) is 12.8 Å². The summed E-state index contributed by atoms with van der Waals surface area (Å²) >= 11 is 0. The van der Waals surface area contributed by atoms with E-state index in [1.54, 1.807) is 4.90 Å². The molecular weight excluding hydrogens is 222 g/mol. The summed E-state index contributed by atoms with van der Waals surface area (Å²) in [7, 11) is 0. The third kappa shape index (κ3) is 4.60. The Morgan fingerprint density at radius 1 is 1.59 bits per heavy atom. The summed E-state index contributed by atoms with van der Waals surface area (Å²) in [6.07, 6.45) is 2.73. The number of rotatable bonds is 2. The summed E-state index contributed by atoms with van der Waals surface area (Å²) < 4.78 is 4.91. The summed E-state index contributed by atoms with van der Waals surface area (Å²) in [4.78, 5) is 23.4. The Bertz CT molecular complexity index is 366. The molecule has 1 atom stereocenters. The average Bonchev–Trinajstić information content (AvgIpc) is 2.33. The fourth-order valence-corrected chi connectivity index (χ4v) is 1.65. The SMILES string of the molecule is C=CCOC(=O)N1CCCC(C#CC(=O)O)C1. The van der Waals surface area contributed by atoms with E-state index in [1.807, 2.05) is 0 Å². The molecule has 1 rings (SSSR count). The van der Waals surface area contributed by atoms with E-state index < -0.39 is 12.1 Å². The Morgan fingerprint density at radius 3 is 3.00 bits per heavy atom. The van der Waals surface area contributed by atoms with Crippen molar-refractivity contribution < 1.29 is 19.4 Å². The van der Waals surface area contributed by atoms with Crippen LogP contribution >= 0.6 is 0 Å². The van der Waals surface area contributed by atoms with Crippen LogP contribution in [0.25, 0.3) is 0 Å². The Balaban J connectivity index is 2.49. The van der Waals surface area contributed by atoms with Gasteiger partial charge in [0.1, 0.15) is 6.61 Å². The van der Waals surface area contributed by atoms with Gasteiger partial charge in [-0.1, -0.05) is 18.6 Å². The van der Waals surface area contributed by atoms with Gasteiger partial charge < -0.3 is 14.7 Å². The predicted molar refractivity (Wildman–Crippen MR) is 61.3 cm³/mol. The molecule has 17 heavy (non-hydrogen) atoms. The number of carbonyl (C=O) groups excluding carboxylic acids is 1. The van der Waals surface area contributed by atoms with Gasteiger partial charge in [-0.2, -0.15) is 0 Å². The fourth-order valence-electron chi connectivity index (χ4n) is 1.65. The quantitative estimate of drug-likeness (QED) is 0.577. The lowest BCUT2D eigenvalue weighted by Crippen LogP contribution is -2.39. The molecule has 1 N–H and O–H groups in total. The lowest BCUT2D eigenvalue weighted by molar-refractivity contribution is -0.130. The van der Waals surface area contributed by atoms with Gasteiger partial charge in [0.15, 0.2) is 0 Å². The predicted octanol–water partition coefficient (Wildman–Crippen LogP) is 1.11. The van der Waals surface area contributed by atoms with Gasteiger partial charge in [0.05, 0.1) is 0 Å². The molecule has 1 heterocycles. The standard InChI is InChI=1S/C12H15NO4/c1-2-8-17-12(16)13-7-3-4-10(9-13)5-6-11(14)15/h2,10H,1,3-4,7-9H2,(H,14,15). The van der Waals surface area contributed by atoms with Crippen molar-refractivity contribution in [1.29, 1.82) is 0 Å². The van der Waals surface area contributed by atoms with Crippen molar-refractivity contribution in [2.75, 3.05) is 19.7 Å². The van der Waals surface area contributed by atoms with Crippen LogP contribution in [0.5, 0.6) is 0 Å². The van der Waals surface area contributed by atoms with E-state index in [1.165, 1.54) is 6.08 Å². The van der Waals surface area contributed by atoms with Crippen molar-refractivity contribution >= 4 is 12.1 Å². The largest absolute Gasteiger partial charge is 0.472 e. The highest BCUT2D eigenvalue weighted by molar-refractivity contribution is 5.86. The maximum atomic E-state index is 11.5. The second-order valence-electron chi connectivity index (χ2n) is 3.73. The second kappa shape index (κ2) is 6.59. The number of carboxylic acids is 1. The zero-order chi connectivity index (χ0) is 12.7. The van der Waals surface area contributed by atoms with Crippen LogP contribution in [0.4, 0.5) is 4.79 Å². The summed E-state index contributed by atoms with van der Waals surface area (Å²) in [5.41, 5.74) is 0. The lowest BCUT2D eigenvalue weighted by atomic mass is 9.99. The topological polar surface area (TPSA) is 66.8 Å². The molecule has 1 unspecified atom stereocenters. The first kappa shape index (κ1) is 13.1. The Labute approximate surface area is 100 Å².